The fourth-order valence-electron chi connectivity index (χ4n) is 1.90. The lowest BCUT2D eigenvalue weighted by atomic mass is 10.2. The molecule has 3 aromatic rings. The van der Waals surface area contributed by atoms with Crippen LogP contribution in [-0.2, 0) is 6.61 Å². The molecular weight excluding hydrogens is 340 g/mol. The van der Waals surface area contributed by atoms with Crippen LogP contribution in [0.5, 0.6) is 5.88 Å². The molecule has 1 aromatic heterocycles. The highest BCUT2D eigenvalue weighted by Crippen LogP contribution is 2.30. The monoisotopic (exact) mass is 348 g/mol. The van der Waals surface area contributed by atoms with Crippen LogP contribution in [0.2, 0.25) is 5.15 Å². The standard InChI is InChI=1S/C15H10BrClN2O/c16-11-6-7-12-13(8-11)14(17)18-19-15(12)20-9-10-4-2-1-3-5-10/h1-8H,9H2. The Bertz CT molecular complexity index is 749. The van der Waals surface area contributed by atoms with Gasteiger partial charge < -0.3 is 4.74 Å². The van der Waals surface area contributed by atoms with Crippen LogP contribution < -0.4 is 4.74 Å². The summed E-state index contributed by atoms with van der Waals surface area (Å²) in [5.74, 6) is 0.487. The largest absolute Gasteiger partial charge is 0.471 e. The molecule has 5 heteroatoms. The summed E-state index contributed by atoms with van der Waals surface area (Å²) in [5.41, 5.74) is 1.08. The van der Waals surface area contributed by atoms with Crippen molar-refractivity contribution in [2.45, 2.75) is 6.61 Å². The maximum atomic E-state index is 6.07. The van der Waals surface area contributed by atoms with Gasteiger partial charge >= 0.3 is 0 Å². The van der Waals surface area contributed by atoms with Crippen LogP contribution in [0.25, 0.3) is 10.8 Å². The first-order chi connectivity index (χ1) is 9.74. The van der Waals surface area contributed by atoms with E-state index in [0.717, 1.165) is 20.8 Å². The van der Waals surface area contributed by atoms with E-state index in [4.69, 9.17) is 16.3 Å². The molecule has 0 N–H and O–H groups in total. The number of fused-ring (bicyclic) bond motifs is 1. The number of benzene rings is 2. The number of nitrogens with zero attached hydrogens (tertiary/aromatic N) is 2. The topological polar surface area (TPSA) is 35.0 Å². The Labute approximate surface area is 129 Å². The van der Waals surface area contributed by atoms with Crippen molar-refractivity contribution in [1.29, 1.82) is 0 Å². The Morgan fingerprint density at radius 3 is 2.60 bits per heavy atom. The maximum Gasteiger partial charge on any atom is 0.241 e. The SMILES string of the molecule is Clc1nnc(OCc2ccccc2)c2ccc(Br)cc12. The van der Waals surface area contributed by atoms with Gasteiger partial charge in [-0.3, -0.25) is 0 Å². The van der Waals surface area contributed by atoms with E-state index in [-0.39, 0.29) is 0 Å². The smallest absolute Gasteiger partial charge is 0.241 e. The van der Waals surface area contributed by atoms with E-state index in [1.54, 1.807) is 0 Å². The molecule has 2 aromatic carbocycles. The minimum Gasteiger partial charge on any atom is -0.471 e. The third-order valence-electron chi connectivity index (χ3n) is 2.88. The Morgan fingerprint density at radius 1 is 1.00 bits per heavy atom. The van der Waals surface area contributed by atoms with Crippen LogP contribution in [0.15, 0.2) is 53.0 Å². The molecule has 0 radical (unpaired) electrons. The number of aromatic nitrogens is 2. The molecule has 0 fully saturated rings. The van der Waals surface area contributed by atoms with Gasteiger partial charge in [-0.05, 0) is 23.8 Å². The Hall–Kier alpha value is -1.65. The van der Waals surface area contributed by atoms with Crippen molar-refractivity contribution < 1.29 is 4.74 Å². The van der Waals surface area contributed by atoms with Crippen molar-refractivity contribution in [2.75, 3.05) is 0 Å². The molecule has 0 aliphatic rings. The summed E-state index contributed by atoms with van der Waals surface area (Å²) < 4.78 is 6.69. The molecular formula is C15H10BrClN2O. The fourth-order valence-corrected chi connectivity index (χ4v) is 2.46. The molecule has 0 atom stereocenters. The second kappa shape index (κ2) is 5.77. The zero-order chi connectivity index (χ0) is 13.9. The minimum absolute atomic E-state index is 0.369. The normalized spacial score (nSPS) is 10.7. The van der Waals surface area contributed by atoms with E-state index in [9.17, 15) is 0 Å². The third kappa shape index (κ3) is 2.76. The van der Waals surface area contributed by atoms with Crippen LogP contribution in [0, 0.1) is 0 Å². The number of halogens is 2. The van der Waals surface area contributed by atoms with Crippen LogP contribution in [0.1, 0.15) is 5.56 Å². The average Bonchev–Trinajstić information content (AvgIpc) is 2.48. The van der Waals surface area contributed by atoms with Crippen LogP contribution in [-0.4, -0.2) is 10.2 Å². The first kappa shape index (κ1) is 13.3. The van der Waals surface area contributed by atoms with E-state index in [1.807, 2.05) is 48.5 Å². The first-order valence-electron chi connectivity index (χ1n) is 6.02. The molecule has 100 valence electrons. The lowest BCUT2D eigenvalue weighted by Gasteiger charge is -2.08. The predicted molar refractivity (Wildman–Crippen MR) is 83.0 cm³/mol. The molecule has 3 nitrogen and oxygen atoms in total. The second-order valence-electron chi connectivity index (χ2n) is 4.26. The Balaban J connectivity index is 1.94. The van der Waals surface area contributed by atoms with E-state index >= 15 is 0 Å². The minimum atomic E-state index is 0.369. The van der Waals surface area contributed by atoms with E-state index in [1.165, 1.54) is 0 Å². The summed E-state index contributed by atoms with van der Waals surface area (Å²) in [4.78, 5) is 0. The zero-order valence-electron chi connectivity index (χ0n) is 10.4. The summed E-state index contributed by atoms with van der Waals surface area (Å²) in [7, 11) is 0. The average molecular weight is 350 g/mol. The van der Waals surface area contributed by atoms with Crippen molar-refractivity contribution >= 4 is 38.3 Å². The summed E-state index contributed by atoms with van der Waals surface area (Å²) in [6.07, 6.45) is 0. The lowest BCUT2D eigenvalue weighted by molar-refractivity contribution is 0.294. The van der Waals surface area contributed by atoms with Gasteiger partial charge in [-0.15, -0.1) is 10.2 Å². The van der Waals surface area contributed by atoms with Crippen molar-refractivity contribution in [1.82, 2.24) is 10.2 Å². The summed E-state index contributed by atoms with van der Waals surface area (Å²) in [6.45, 7) is 0.447. The van der Waals surface area contributed by atoms with Gasteiger partial charge in [0.1, 0.15) is 6.61 Å². The summed E-state index contributed by atoms with van der Waals surface area (Å²) >= 11 is 9.49. The molecule has 0 aliphatic heterocycles. The number of rotatable bonds is 3. The highest BCUT2D eigenvalue weighted by molar-refractivity contribution is 9.10. The maximum absolute atomic E-state index is 6.07. The molecule has 0 amide bonds. The Kier molecular flexibility index (Phi) is 3.85. The quantitative estimate of drug-likeness (QED) is 0.692. The fraction of sp³-hybridized carbons (Fsp3) is 0.0667. The van der Waals surface area contributed by atoms with E-state index < -0.39 is 0 Å². The number of hydrogen-bond acceptors (Lipinski definition) is 3. The van der Waals surface area contributed by atoms with Gasteiger partial charge in [0, 0.05) is 15.2 Å². The molecule has 0 unspecified atom stereocenters. The van der Waals surface area contributed by atoms with Gasteiger partial charge in [0.05, 0.1) is 0 Å². The van der Waals surface area contributed by atoms with Gasteiger partial charge in [0.15, 0.2) is 5.15 Å². The second-order valence-corrected chi connectivity index (χ2v) is 5.53. The third-order valence-corrected chi connectivity index (χ3v) is 3.65. The molecule has 20 heavy (non-hydrogen) atoms. The summed E-state index contributed by atoms with van der Waals surface area (Å²) in [5, 5.41) is 10.0. The Morgan fingerprint density at radius 2 is 1.80 bits per heavy atom. The highest BCUT2D eigenvalue weighted by atomic mass is 79.9. The number of hydrogen-bond donors (Lipinski definition) is 0. The molecule has 0 saturated carbocycles. The van der Waals surface area contributed by atoms with Gasteiger partial charge in [-0.25, -0.2) is 0 Å². The molecule has 0 aliphatic carbocycles. The molecule has 1 heterocycles. The first-order valence-corrected chi connectivity index (χ1v) is 7.19. The lowest BCUT2D eigenvalue weighted by Crippen LogP contribution is -1.99. The summed E-state index contributed by atoms with van der Waals surface area (Å²) in [6, 6.07) is 15.7. The van der Waals surface area contributed by atoms with Gasteiger partial charge in [-0.2, -0.15) is 0 Å². The van der Waals surface area contributed by atoms with E-state index in [2.05, 4.69) is 26.1 Å². The van der Waals surface area contributed by atoms with Crippen molar-refractivity contribution in [3.63, 3.8) is 0 Å². The molecule has 0 spiro atoms. The van der Waals surface area contributed by atoms with Crippen LogP contribution in [0.4, 0.5) is 0 Å². The van der Waals surface area contributed by atoms with Gasteiger partial charge in [0.2, 0.25) is 5.88 Å². The number of ether oxygens (including phenoxy) is 1. The van der Waals surface area contributed by atoms with Crippen molar-refractivity contribution in [3.05, 3.63) is 63.7 Å². The molecule has 0 bridgehead atoms. The van der Waals surface area contributed by atoms with Crippen LogP contribution in [0.3, 0.4) is 0 Å². The van der Waals surface area contributed by atoms with Crippen molar-refractivity contribution in [2.24, 2.45) is 0 Å². The van der Waals surface area contributed by atoms with Gasteiger partial charge in [-0.1, -0.05) is 57.9 Å². The molecule has 0 saturated heterocycles. The van der Waals surface area contributed by atoms with Gasteiger partial charge in [0.25, 0.3) is 0 Å². The highest BCUT2D eigenvalue weighted by Gasteiger charge is 2.09. The zero-order valence-corrected chi connectivity index (χ0v) is 12.7. The predicted octanol–water partition coefficient (Wildman–Crippen LogP) is 4.62. The van der Waals surface area contributed by atoms with E-state index in [0.29, 0.717) is 17.6 Å². The molecule has 3 rings (SSSR count). The van der Waals surface area contributed by atoms with Crippen LogP contribution >= 0.6 is 27.5 Å². The van der Waals surface area contributed by atoms with Crippen molar-refractivity contribution in [3.8, 4) is 5.88 Å².